The van der Waals surface area contributed by atoms with Crippen LogP contribution in [0.1, 0.15) is 35.9 Å². The molecule has 2 N–H and O–H groups in total. The van der Waals surface area contributed by atoms with Crippen LogP contribution in [0.3, 0.4) is 0 Å². The predicted octanol–water partition coefficient (Wildman–Crippen LogP) is 5.17. The largest absolute Gasteiger partial charge is 0.451 e. The third-order valence-electron chi connectivity index (χ3n) is 4.66. The van der Waals surface area contributed by atoms with Crippen LogP contribution in [0.25, 0.3) is 11.3 Å². The first-order valence-electron chi connectivity index (χ1n) is 9.72. The van der Waals surface area contributed by atoms with Crippen LogP contribution >= 0.6 is 0 Å². The molecule has 3 aromatic rings. The number of anilines is 2. The van der Waals surface area contributed by atoms with Crippen molar-refractivity contribution in [2.75, 3.05) is 23.5 Å². The van der Waals surface area contributed by atoms with E-state index in [-0.39, 0.29) is 11.4 Å². The van der Waals surface area contributed by atoms with Gasteiger partial charge in [-0.05, 0) is 48.9 Å². The number of hydrogen-bond donors (Lipinski definition) is 2. The number of alkyl halides is 3. The number of unbranched alkanes of at least 4 members (excludes halogenated alkanes) is 1. The van der Waals surface area contributed by atoms with Crippen LogP contribution in [-0.2, 0) is 6.18 Å². The van der Waals surface area contributed by atoms with Gasteiger partial charge in [0.25, 0.3) is 5.91 Å². The Labute approximate surface area is 177 Å². The maximum absolute atomic E-state index is 13.2. The smallest absolute Gasteiger partial charge is 0.416 e. The van der Waals surface area contributed by atoms with E-state index in [9.17, 15) is 23.1 Å². The molecule has 2 heterocycles. The number of amides is 1. The van der Waals surface area contributed by atoms with Gasteiger partial charge in [-0.2, -0.15) is 13.2 Å². The average molecular weight is 433 g/mol. The first kappa shape index (κ1) is 22.4. The van der Waals surface area contributed by atoms with E-state index in [2.05, 4.69) is 10.3 Å². The monoisotopic (exact) mass is 433 g/mol. The zero-order valence-electron chi connectivity index (χ0n) is 16.8. The number of halogens is 3. The van der Waals surface area contributed by atoms with Crippen molar-refractivity contribution in [1.29, 1.82) is 0 Å². The third-order valence-corrected chi connectivity index (χ3v) is 4.66. The predicted molar refractivity (Wildman–Crippen MR) is 111 cm³/mol. The lowest BCUT2D eigenvalue weighted by Gasteiger charge is -2.25. The normalized spacial score (nSPS) is 11.4. The van der Waals surface area contributed by atoms with E-state index < -0.39 is 24.4 Å². The molecule has 3 rings (SSSR count). The van der Waals surface area contributed by atoms with Gasteiger partial charge in [-0.3, -0.25) is 9.78 Å². The summed E-state index contributed by atoms with van der Waals surface area (Å²) in [5.41, 5.74) is 0.0294. The summed E-state index contributed by atoms with van der Waals surface area (Å²) in [6, 6.07) is 9.48. The van der Waals surface area contributed by atoms with Crippen LogP contribution in [0.2, 0.25) is 0 Å². The zero-order chi connectivity index (χ0) is 22.4. The molecule has 0 fully saturated rings. The van der Waals surface area contributed by atoms with E-state index in [1.165, 1.54) is 17.0 Å². The molecule has 9 heteroatoms. The summed E-state index contributed by atoms with van der Waals surface area (Å²) in [5.74, 6) is -0.328. The van der Waals surface area contributed by atoms with Crippen molar-refractivity contribution >= 4 is 17.3 Å². The molecule has 0 aliphatic heterocycles. The fraction of sp³-hybridized carbons (Fsp3) is 0.273. The van der Waals surface area contributed by atoms with Crippen LogP contribution in [0, 0.1) is 0 Å². The molecule has 0 radical (unpaired) electrons. The van der Waals surface area contributed by atoms with Crippen molar-refractivity contribution in [2.45, 2.75) is 25.9 Å². The van der Waals surface area contributed by atoms with Crippen molar-refractivity contribution in [3.8, 4) is 11.3 Å². The minimum absolute atomic E-state index is 0.0562. The van der Waals surface area contributed by atoms with Gasteiger partial charge in [-0.1, -0.05) is 13.3 Å². The molecule has 164 valence electrons. The lowest BCUT2D eigenvalue weighted by atomic mass is 10.1. The summed E-state index contributed by atoms with van der Waals surface area (Å²) in [6.07, 6.45) is 0.134. The van der Waals surface area contributed by atoms with Crippen LogP contribution in [0.5, 0.6) is 0 Å². The maximum atomic E-state index is 13.2. The number of furan rings is 1. The van der Waals surface area contributed by atoms with Gasteiger partial charge in [0, 0.05) is 24.5 Å². The van der Waals surface area contributed by atoms with Gasteiger partial charge < -0.3 is 19.7 Å². The standard InChI is InChI=1S/C22H22F3N3O3/c1-2-3-12-28(14-29)18-5-4-16(22(23,24)25)13-17(18)27-21(30)20-7-6-19(31-20)15-8-10-26-11-9-15/h4-11,13,29H,2-3,12,14H2,1H3,(H,27,30). The van der Waals surface area contributed by atoms with E-state index in [0.29, 0.717) is 23.6 Å². The first-order chi connectivity index (χ1) is 14.8. The van der Waals surface area contributed by atoms with Gasteiger partial charge in [0.05, 0.1) is 16.9 Å². The molecule has 0 atom stereocenters. The van der Waals surface area contributed by atoms with Crippen molar-refractivity contribution in [2.24, 2.45) is 0 Å². The van der Waals surface area contributed by atoms with Crippen LogP contribution in [-0.4, -0.2) is 29.3 Å². The molecule has 2 aromatic heterocycles. The summed E-state index contributed by atoms with van der Waals surface area (Å²) in [5, 5.41) is 12.2. The van der Waals surface area contributed by atoms with E-state index in [1.807, 2.05) is 6.92 Å². The quantitative estimate of drug-likeness (QED) is 0.479. The number of aliphatic hydroxyl groups is 1. The second-order valence-corrected chi connectivity index (χ2v) is 6.84. The summed E-state index contributed by atoms with van der Waals surface area (Å²) in [7, 11) is 0. The number of carbonyl (C=O) groups excluding carboxylic acids is 1. The van der Waals surface area contributed by atoms with Gasteiger partial charge in [0.15, 0.2) is 5.76 Å². The minimum atomic E-state index is -4.58. The van der Waals surface area contributed by atoms with E-state index in [1.54, 1.807) is 30.6 Å². The fourth-order valence-corrected chi connectivity index (χ4v) is 3.02. The summed E-state index contributed by atoms with van der Waals surface area (Å²) < 4.78 is 45.3. The number of aliphatic hydroxyl groups excluding tert-OH is 1. The number of aromatic nitrogens is 1. The van der Waals surface area contributed by atoms with Gasteiger partial charge in [0.1, 0.15) is 12.5 Å². The van der Waals surface area contributed by atoms with E-state index in [4.69, 9.17) is 4.42 Å². The number of rotatable bonds is 8. The lowest BCUT2D eigenvalue weighted by Crippen LogP contribution is -2.27. The Balaban J connectivity index is 1.91. The number of pyridine rings is 1. The lowest BCUT2D eigenvalue weighted by molar-refractivity contribution is -0.137. The second kappa shape index (κ2) is 9.65. The van der Waals surface area contributed by atoms with Crippen molar-refractivity contribution in [3.05, 3.63) is 66.2 Å². The summed E-state index contributed by atoms with van der Waals surface area (Å²) >= 11 is 0. The first-order valence-corrected chi connectivity index (χ1v) is 9.72. The van der Waals surface area contributed by atoms with E-state index >= 15 is 0 Å². The summed E-state index contributed by atoms with van der Waals surface area (Å²) in [6.45, 7) is 1.98. The highest BCUT2D eigenvalue weighted by Gasteiger charge is 2.32. The minimum Gasteiger partial charge on any atom is -0.451 e. The van der Waals surface area contributed by atoms with Gasteiger partial charge in [-0.15, -0.1) is 0 Å². The Hall–Kier alpha value is -3.33. The van der Waals surface area contributed by atoms with Gasteiger partial charge in [0.2, 0.25) is 0 Å². The molecule has 1 aromatic carbocycles. The van der Waals surface area contributed by atoms with E-state index in [0.717, 1.165) is 25.0 Å². The molecule has 0 bridgehead atoms. The van der Waals surface area contributed by atoms with Crippen LogP contribution in [0.4, 0.5) is 24.5 Å². The molecule has 31 heavy (non-hydrogen) atoms. The maximum Gasteiger partial charge on any atom is 0.416 e. The van der Waals surface area contributed by atoms with Gasteiger partial charge >= 0.3 is 6.18 Å². The highest BCUT2D eigenvalue weighted by atomic mass is 19.4. The number of benzene rings is 1. The summed E-state index contributed by atoms with van der Waals surface area (Å²) in [4.78, 5) is 18.1. The third kappa shape index (κ3) is 5.43. The van der Waals surface area contributed by atoms with Crippen molar-refractivity contribution in [1.82, 2.24) is 4.98 Å². The van der Waals surface area contributed by atoms with Crippen LogP contribution in [0.15, 0.2) is 59.3 Å². The molecule has 0 saturated carbocycles. The topological polar surface area (TPSA) is 78.6 Å². The molecule has 0 unspecified atom stereocenters. The Bertz CT molecular complexity index is 1020. The molecule has 1 amide bonds. The molecular formula is C22H22F3N3O3. The highest BCUT2D eigenvalue weighted by molar-refractivity contribution is 6.04. The van der Waals surface area contributed by atoms with Crippen molar-refractivity contribution in [3.63, 3.8) is 0 Å². The highest BCUT2D eigenvalue weighted by Crippen LogP contribution is 2.36. The molecule has 6 nitrogen and oxygen atoms in total. The molecule has 0 aliphatic carbocycles. The zero-order valence-corrected chi connectivity index (χ0v) is 16.8. The molecule has 0 spiro atoms. The fourth-order valence-electron chi connectivity index (χ4n) is 3.02. The molecule has 0 saturated heterocycles. The number of carbonyl (C=O) groups is 1. The SMILES string of the molecule is CCCCN(CO)c1ccc(C(F)(F)F)cc1NC(=O)c1ccc(-c2ccncc2)o1. The Morgan fingerprint density at radius 3 is 2.55 bits per heavy atom. The average Bonchev–Trinajstić information content (AvgIpc) is 3.25. The Kier molecular flexibility index (Phi) is 6.96. The Morgan fingerprint density at radius 2 is 1.90 bits per heavy atom. The number of nitrogens with one attached hydrogen (secondary N) is 1. The molecular weight excluding hydrogens is 411 g/mol. The Morgan fingerprint density at radius 1 is 1.16 bits per heavy atom. The second-order valence-electron chi connectivity index (χ2n) is 6.84. The number of nitrogens with zero attached hydrogens (tertiary/aromatic N) is 2. The van der Waals surface area contributed by atoms with Crippen LogP contribution < -0.4 is 10.2 Å². The number of hydrogen-bond acceptors (Lipinski definition) is 5. The van der Waals surface area contributed by atoms with Gasteiger partial charge in [-0.25, -0.2) is 0 Å². The molecule has 0 aliphatic rings. The van der Waals surface area contributed by atoms with Crippen molar-refractivity contribution < 1.29 is 27.5 Å².